The van der Waals surface area contributed by atoms with Crippen molar-refractivity contribution in [2.24, 2.45) is 0 Å². The lowest BCUT2D eigenvalue weighted by atomic mass is 10.3. The molecule has 1 aliphatic rings. The predicted octanol–water partition coefficient (Wildman–Crippen LogP) is 1.53. The highest BCUT2D eigenvalue weighted by molar-refractivity contribution is 7.07. The summed E-state index contributed by atoms with van der Waals surface area (Å²) in [6.07, 6.45) is 1.01. The first-order chi connectivity index (χ1) is 8.31. The highest BCUT2D eigenvalue weighted by Gasteiger charge is 2.20. The summed E-state index contributed by atoms with van der Waals surface area (Å²) in [5.74, 6) is 0.707. The highest BCUT2D eigenvalue weighted by atomic mass is 35.5. The van der Waals surface area contributed by atoms with E-state index in [-0.39, 0.29) is 5.91 Å². The number of aromatic nitrogens is 1. The Kier molecular flexibility index (Phi) is 4.76. The minimum absolute atomic E-state index is 0.0546. The quantitative estimate of drug-likeness (QED) is 0.784. The van der Waals surface area contributed by atoms with Gasteiger partial charge < -0.3 is 9.80 Å². The molecule has 1 saturated heterocycles. The number of alkyl halides is 1. The maximum atomic E-state index is 12.1. The van der Waals surface area contributed by atoms with Crippen molar-refractivity contribution in [3.05, 3.63) is 16.6 Å². The van der Waals surface area contributed by atoms with Gasteiger partial charge in [0.1, 0.15) is 5.69 Å². The van der Waals surface area contributed by atoms with E-state index in [1.54, 1.807) is 5.51 Å². The Bertz CT molecular complexity index is 358. The third-order valence-electron chi connectivity index (χ3n) is 2.93. The molecule has 1 amide bonds. The number of hydrogen-bond donors (Lipinski definition) is 0. The van der Waals surface area contributed by atoms with Crippen LogP contribution in [0.2, 0.25) is 0 Å². The molecule has 0 unspecified atom stereocenters. The third kappa shape index (κ3) is 3.40. The number of hydrogen-bond acceptors (Lipinski definition) is 4. The second-order valence-corrected chi connectivity index (χ2v) is 5.15. The summed E-state index contributed by atoms with van der Waals surface area (Å²) in [6.45, 7) is 4.42. The molecule has 6 heteroatoms. The topological polar surface area (TPSA) is 36.4 Å². The van der Waals surface area contributed by atoms with Crippen molar-refractivity contribution in [2.75, 3.05) is 38.6 Å². The van der Waals surface area contributed by atoms with Gasteiger partial charge in [-0.05, 0) is 13.0 Å². The number of halogens is 1. The van der Waals surface area contributed by atoms with E-state index in [0.29, 0.717) is 11.6 Å². The minimum Gasteiger partial charge on any atom is -0.336 e. The highest BCUT2D eigenvalue weighted by Crippen LogP contribution is 2.09. The molecule has 1 aromatic heterocycles. The van der Waals surface area contributed by atoms with Gasteiger partial charge in [-0.3, -0.25) is 4.79 Å². The molecule has 94 valence electrons. The second-order valence-electron chi connectivity index (χ2n) is 4.05. The molecule has 4 nitrogen and oxygen atoms in total. The molecule has 1 aromatic rings. The average Bonchev–Trinajstić information content (AvgIpc) is 2.76. The van der Waals surface area contributed by atoms with Gasteiger partial charge in [0.05, 0.1) is 5.51 Å². The molecule has 0 bridgehead atoms. The van der Waals surface area contributed by atoms with Crippen molar-refractivity contribution >= 4 is 28.8 Å². The maximum Gasteiger partial charge on any atom is 0.273 e. The Hall–Kier alpha value is -0.650. The summed E-state index contributed by atoms with van der Waals surface area (Å²) >= 11 is 7.20. The van der Waals surface area contributed by atoms with Crippen LogP contribution in [-0.2, 0) is 0 Å². The Morgan fingerprint density at radius 3 is 3.00 bits per heavy atom. The third-order valence-corrected chi connectivity index (χ3v) is 3.68. The molecule has 17 heavy (non-hydrogen) atoms. The monoisotopic (exact) mass is 273 g/mol. The van der Waals surface area contributed by atoms with Crippen LogP contribution in [0, 0.1) is 0 Å². The molecule has 0 radical (unpaired) electrons. The molecule has 0 spiro atoms. The normalized spacial score (nSPS) is 18.1. The first-order valence-electron chi connectivity index (χ1n) is 5.77. The van der Waals surface area contributed by atoms with Crippen LogP contribution in [0.5, 0.6) is 0 Å². The number of carbonyl (C=O) groups is 1. The van der Waals surface area contributed by atoms with Gasteiger partial charge in [-0.25, -0.2) is 4.98 Å². The van der Waals surface area contributed by atoms with E-state index < -0.39 is 0 Å². The Labute approximate surface area is 110 Å². The van der Waals surface area contributed by atoms with Gasteiger partial charge in [-0.1, -0.05) is 0 Å². The standard InChI is InChI=1S/C11H16ClN3OS/c12-2-5-14-3-1-4-15(7-6-14)11(16)10-8-17-9-13-10/h8-9H,1-7H2. The smallest absolute Gasteiger partial charge is 0.273 e. The molecule has 0 saturated carbocycles. The van der Waals surface area contributed by atoms with Crippen molar-refractivity contribution < 1.29 is 4.79 Å². The van der Waals surface area contributed by atoms with Crippen molar-refractivity contribution in [2.45, 2.75) is 6.42 Å². The molecule has 0 aromatic carbocycles. The minimum atomic E-state index is 0.0546. The van der Waals surface area contributed by atoms with Gasteiger partial charge in [0, 0.05) is 37.4 Å². The predicted molar refractivity (Wildman–Crippen MR) is 69.8 cm³/mol. The molecule has 0 N–H and O–H groups in total. The van der Waals surface area contributed by atoms with E-state index in [4.69, 9.17) is 11.6 Å². The Morgan fingerprint density at radius 1 is 1.41 bits per heavy atom. The summed E-state index contributed by atoms with van der Waals surface area (Å²) in [6, 6.07) is 0. The van der Waals surface area contributed by atoms with E-state index in [1.165, 1.54) is 11.3 Å². The fraction of sp³-hybridized carbons (Fsp3) is 0.636. The van der Waals surface area contributed by atoms with Gasteiger partial charge in [0.2, 0.25) is 0 Å². The molecular weight excluding hydrogens is 258 g/mol. The van der Waals surface area contributed by atoms with Crippen molar-refractivity contribution in [3.8, 4) is 0 Å². The molecule has 0 atom stereocenters. The van der Waals surface area contributed by atoms with E-state index >= 15 is 0 Å². The maximum absolute atomic E-state index is 12.1. The van der Waals surface area contributed by atoms with Gasteiger partial charge in [0.25, 0.3) is 5.91 Å². The molecule has 1 fully saturated rings. The fourth-order valence-corrected chi connectivity index (χ4v) is 2.76. The van der Waals surface area contributed by atoms with Gasteiger partial charge in [0.15, 0.2) is 0 Å². The lowest BCUT2D eigenvalue weighted by molar-refractivity contribution is 0.0757. The van der Waals surface area contributed by atoms with Crippen LogP contribution < -0.4 is 0 Å². The summed E-state index contributed by atoms with van der Waals surface area (Å²) in [4.78, 5) is 20.4. The van der Waals surface area contributed by atoms with Crippen LogP contribution in [0.4, 0.5) is 0 Å². The molecular formula is C11H16ClN3OS. The fourth-order valence-electron chi connectivity index (χ4n) is 2.00. The molecule has 1 aliphatic heterocycles. The summed E-state index contributed by atoms with van der Waals surface area (Å²) in [5, 5.41) is 1.81. The number of carbonyl (C=O) groups excluding carboxylic acids is 1. The van der Waals surface area contributed by atoms with Crippen molar-refractivity contribution in [1.29, 1.82) is 0 Å². The zero-order valence-corrected chi connectivity index (χ0v) is 11.2. The summed E-state index contributed by atoms with van der Waals surface area (Å²) < 4.78 is 0. The molecule has 2 rings (SSSR count). The number of rotatable bonds is 3. The molecule has 0 aliphatic carbocycles. The number of thiazole rings is 1. The van der Waals surface area contributed by atoms with E-state index in [1.807, 2.05) is 10.3 Å². The van der Waals surface area contributed by atoms with E-state index in [9.17, 15) is 4.79 Å². The lowest BCUT2D eigenvalue weighted by Gasteiger charge is -2.20. The van der Waals surface area contributed by atoms with Gasteiger partial charge in [-0.2, -0.15) is 0 Å². The zero-order chi connectivity index (χ0) is 12.1. The van der Waals surface area contributed by atoms with Crippen LogP contribution >= 0.6 is 22.9 Å². The van der Waals surface area contributed by atoms with Crippen LogP contribution in [0.3, 0.4) is 0 Å². The summed E-state index contributed by atoms with van der Waals surface area (Å²) in [5.41, 5.74) is 2.27. The second kappa shape index (κ2) is 6.33. The zero-order valence-electron chi connectivity index (χ0n) is 9.64. The van der Waals surface area contributed by atoms with Gasteiger partial charge in [-0.15, -0.1) is 22.9 Å². The van der Waals surface area contributed by atoms with Crippen LogP contribution in [0.15, 0.2) is 10.9 Å². The number of nitrogens with zero attached hydrogens (tertiary/aromatic N) is 3. The van der Waals surface area contributed by atoms with E-state index in [0.717, 1.165) is 39.1 Å². The van der Waals surface area contributed by atoms with Gasteiger partial charge >= 0.3 is 0 Å². The van der Waals surface area contributed by atoms with Crippen LogP contribution in [0.1, 0.15) is 16.9 Å². The number of amides is 1. The first-order valence-corrected chi connectivity index (χ1v) is 7.25. The van der Waals surface area contributed by atoms with Crippen molar-refractivity contribution in [1.82, 2.24) is 14.8 Å². The molecule has 2 heterocycles. The average molecular weight is 274 g/mol. The van der Waals surface area contributed by atoms with Crippen LogP contribution in [0.25, 0.3) is 0 Å². The lowest BCUT2D eigenvalue weighted by Crippen LogP contribution is -2.35. The Balaban J connectivity index is 1.92. The van der Waals surface area contributed by atoms with Crippen molar-refractivity contribution in [3.63, 3.8) is 0 Å². The SMILES string of the molecule is O=C(c1cscn1)N1CCCN(CCCl)CC1. The Morgan fingerprint density at radius 2 is 2.29 bits per heavy atom. The first kappa shape index (κ1) is 12.8. The van der Waals surface area contributed by atoms with E-state index in [2.05, 4.69) is 9.88 Å². The summed E-state index contributed by atoms with van der Waals surface area (Å²) in [7, 11) is 0. The van der Waals surface area contributed by atoms with Crippen LogP contribution in [-0.4, -0.2) is 59.3 Å². The largest absolute Gasteiger partial charge is 0.336 e.